The highest BCUT2D eigenvalue weighted by Gasteiger charge is 2.10. The van der Waals surface area contributed by atoms with Crippen molar-refractivity contribution in [3.05, 3.63) is 57.8 Å². The Kier molecular flexibility index (Phi) is 5.62. The van der Waals surface area contributed by atoms with Gasteiger partial charge in [0.15, 0.2) is 0 Å². The molecule has 2 rings (SSSR count). The summed E-state index contributed by atoms with van der Waals surface area (Å²) in [6.07, 6.45) is 3.35. The molecule has 19 heavy (non-hydrogen) atoms. The number of hydrogen-bond donors (Lipinski definition) is 1. The first kappa shape index (κ1) is 14.3. The van der Waals surface area contributed by atoms with Crippen LogP contribution in [-0.2, 0) is 19.3 Å². The molecule has 102 valence electrons. The van der Waals surface area contributed by atoms with Crippen LogP contribution in [0.1, 0.15) is 29.9 Å². The summed E-state index contributed by atoms with van der Waals surface area (Å²) in [6, 6.07) is 14.0. The van der Waals surface area contributed by atoms with Crippen molar-refractivity contribution in [2.75, 3.05) is 6.54 Å². The Labute approximate surface area is 120 Å². The number of likely N-dealkylation sites (N-methyl/N-ethyl adjacent to an activating group) is 1. The van der Waals surface area contributed by atoms with Crippen LogP contribution in [0.15, 0.2) is 41.8 Å². The van der Waals surface area contributed by atoms with Crippen LogP contribution in [0.5, 0.6) is 0 Å². The lowest BCUT2D eigenvalue weighted by atomic mass is 10.0. The number of rotatable bonds is 7. The lowest BCUT2D eigenvalue weighted by molar-refractivity contribution is 0.524. The number of thiophene rings is 1. The van der Waals surface area contributed by atoms with Crippen molar-refractivity contribution in [1.82, 2.24) is 5.32 Å². The van der Waals surface area contributed by atoms with Gasteiger partial charge in [0.05, 0.1) is 0 Å². The molecule has 0 aliphatic heterocycles. The van der Waals surface area contributed by atoms with Crippen molar-refractivity contribution in [3.63, 3.8) is 0 Å². The van der Waals surface area contributed by atoms with Gasteiger partial charge in [-0.3, -0.25) is 0 Å². The van der Waals surface area contributed by atoms with E-state index < -0.39 is 0 Å². The molecule has 0 saturated heterocycles. The molecule has 0 aliphatic carbocycles. The molecule has 0 fully saturated rings. The van der Waals surface area contributed by atoms with Gasteiger partial charge in [0.2, 0.25) is 0 Å². The summed E-state index contributed by atoms with van der Waals surface area (Å²) in [7, 11) is 0. The summed E-state index contributed by atoms with van der Waals surface area (Å²) < 4.78 is 0. The molecule has 0 aliphatic rings. The Hall–Kier alpha value is -1.12. The van der Waals surface area contributed by atoms with Gasteiger partial charge in [-0.05, 0) is 48.4 Å². The molecule has 1 N–H and O–H groups in total. The lowest BCUT2D eigenvalue weighted by Gasteiger charge is -2.17. The summed E-state index contributed by atoms with van der Waals surface area (Å²) in [4.78, 5) is 1.47. The van der Waals surface area contributed by atoms with E-state index in [-0.39, 0.29) is 0 Å². The normalized spacial score (nSPS) is 12.5. The molecule has 0 amide bonds. The third-order valence-electron chi connectivity index (χ3n) is 3.43. The fourth-order valence-corrected chi connectivity index (χ4v) is 3.16. The van der Waals surface area contributed by atoms with Crippen molar-refractivity contribution in [2.45, 2.75) is 39.2 Å². The van der Waals surface area contributed by atoms with Crippen LogP contribution in [0.4, 0.5) is 0 Å². The fourth-order valence-electron chi connectivity index (χ4n) is 2.37. The van der Waals surface area contributed by atoms with E-state index in [4.69, 9.17) is 0 Å². The molecule has 1 aromatic heterocycles. The van der Waals surface area contributed by atoms with Gasteiger partial charge in [-0.25, -0.2) is 0 Å². The zero-order valence-corrected chi connectivity index (χ0v) is 12.7. The minimum atomic E-state index is 0.538. The van der Waals surface area contributed by atoms with Gasteiger partial charge in [0, 0.05) is 10.9 Å². The van der Waals surface area contributed by atoms with Gasteiger partial charge >= 0.3 is 0 Å². The predicted octanol–water partition coefficient (Wildman–Crippen LogP) is 4.07. The van der Waals surface area contributed by atoms with Crippen molar-refractivity contribution < 1.29 is 0 Å². The van der Waals surface area contributed by atoms with Crippen LogP contribution >= 0.6 is 11.3 Å². The van der Waals surface area contributed by atoms with Crippen LogP contribution < -0.4 is 5.32 Å². The summed E-state index contributed by atoms with van der Waals surface area (Å²) in [5.74, 6) is 0. The van der Waals surface area contributed by atoms with E-state index in [9.17, 15) is 0 Å². The molecule has 0 bridgehead atoms. The van der Waals surface area contributed by atoms with Gasteiger partial charge in [-0.2, -0.15) is 0 Å². The molecule has 2 aromatic rings. The first-order chi connectivity index (χ1) is 9.31. The summed E-state index contributed by atoms with van der Waals surface area (Å²) in [5.41, 5.74) is 2.85. The van der Waals surface area contributed by atoms with Crippen LogP contribution in [0.2, 0.25) is 0 Å². The number of hydrogen-bond acceptors (Lipinski definition) is 2. The maximum absolute atomic E-state index is 3.60. The van der Waals surface area contributed by atoms with Crippen LogP contribution in [0.3, 0.4) is 0 Å². The first-order valence-electron chi connectivity index (χ1n) is 7.15. The molecule has 0 radical (unpaired) electrons. The zero-order chi connectivity index (χ0) is 13.5. The lowest BCUT2D eigenvalue weighted by Crippen LogP contribution is -2.32. The van der Waals surface area contributed by atoms with E-state index >= 15 is 0 Å². The fraction of sp³-hybridized carbons (Fsp3) is 0.412. The highest BCUT2D eigenvalue weighted by molar-refractivity contribution is 7.09. The first-order valence-corrected chi connectivity index (χ1v) is 8.03. The SMILES string of the molecule is CCNC(Cc1ccc(CC)cc1)Cc1cccs1. The van der Waals surface area contributed by atoms with Crippen molar-refractivity contribution >= 4 is 11.3 Å². The quantitative estimate of drug-likeness (QED) is 0.801. The summed E-state index contributed by atoms with van der Waals surface area (Å²) in [5, 5.41) is 5.77. The summed E-state index contributed by atoms with van der Waals surface area (Å²) in [6.45, 7) is 5.41. The molecule has 1 heterocycles. The third-order valence-corrected chi connectivity index (χ3v) is 4.33. The monoisotopic (exact) mass is 273 g/mol. The molecule has 1 unspecified atom stereocenters. The standard InChI is InChI=1S/C17H23NS/c1-3-14-7-9-15(10-8-14)12-16(18-4-2)13-17-6-5-11-19-17/h5-11,16,18H,3-4,12-13H2,1-2H3. The molecule has 1 aromatic carbocycles. The third kappa shape index (κ3) is 4.48. The molecular formula is C17H23NS. The Balaban J connectivity index is 1.98. The average molecular weight is 273 g/mol. The van der Waals surface area contributed by atoms with Gasteiger partial charge in [0.25, 0.3) is 0 Å². The van der Waals surface area contributed by atoms with Gasteiger partial charge < -0.3 is 5.32 Å². The topological polar surface area (TPSA) is 12.0 Å². The van der Waals surface area contributed by atoms with E-state index in [1.54, 1.807) is 0 Å². The Morgan fingerprint density at radius 3 is 2.32 bits per heavy atom. The van der Waals surface area contributed by atoms with E-state index in [1.807, 2.05) is 11.3 Å². The Morgan fingerprint density at radius 2 is 1.74 bits per heavy atom. The smallest absolute Gasteiger partial charge is 0.0156 e. The van der Waals surface area contributed by atoms with Crippen molar-refractivity contribution in [2.24, 2.45) is 0 Å². The minimum absolute atomic E-state index is 0.538. The molecule has 0 spiro atoms. The molecule has 2 heteroatoms. The van der Waals surface area contributed by atoms with E-state index in [2.05, 4.69) is 60.9 Å². The van der Waals surface area contributed by atoms with Crippen molar-refractivity contribution in [3.8, 4) is 0 Å². The highest BCUT2D eigenvalue weighted by Crippen LogP contribution is 2.14. The predicted molar refractivity (Wildman–Crippen MR) is 85.0 cm³/mol. The summed E-state index contributed by atoms with van der Waals surface area (Å²) >= 11 is 1.85. The van der Waals surface area contributed by atoms with E-state index in [1.165, 1.54) is 16.0 Å². The molecular weight excluding hydrogens is 250 g/mol. The van der Waals surface area contributed by atoms with Crippen molar-refractivity contribution in [1.29, 1.82) is 0 Å². The minimum Gasteiger partial charge on any atom is -0.314 e. The van der Waals surface area contributed by atoms with Gasteiger partial charge in [-0.15, -0.1) is 11.3 Å². The van der Waals surface area contributed by atoms with Gasteiger partial charge in [0.1, 0.15) is 0 Å². The second kappa shape index (κ2) is 7.46. The van der Waals surface area contributed by atoms with Crippen LogP contribution in [0, 0.1) is 0 Å². The molecule has 1 atom stereocenters. The van der Waals surface area contributed by atoms with E-state index in [0.29, 0.717) is 6.04 Å². The maximum atomic E-state index is 3.60. The average Bonchev–Trinajstić information content (AvgIpc) is 2.93. The number of aryl methyl sites for hydroxylation is 1. The Morgan fingerprint density at radius 1 is 1.00 bits per heavy atom. The van der Waals surface area contributed by atoms with Crippen LogP contribution in [0.25, 0.3) is 0 Å². The zero-order valence-electron chi connectivity index (χ0n) is 11.9. The van der Waals surface area contributed by atoms with E-state index in [0.717, 1.165) is 25.8 Å². The van der Waals surface area contributed by atoms with Gasteiger partial charge in [-0.1, -0.05) is 44.2 Å². The number of nitrogens with one attached hydrogen (secondary N) is 1. The molecule has 1 nitrogen and oxygen atoms in total. The second-order valence-corrected chi connectivity index (χ2v) is 5.94. The largest absolute Gasteiger partial charge is 0.314 e. The second-order valence-electron chi connectivity index (χ2n) is 4.91. The van der Waals surface area contributed by atoms with Crippen LogP contribution in [-0.4, -0.2) is 12.6 Å². The number of benzene rings is 1. The highest BCUT2D eigenvalue weighted by atomic mass is 32.1. The molecule has 0 saturated carbocycles. The Bertz CT molecular complexity index is 459. The maximum Gasteiger partial charge on any atom is 0.0156 e.